The molecule has 0 bridgehead atoms. The highest BCUT2D eigenvalue weighted by Gasteiger charge is 1.86. The highest BCUT2D eigenvalue weighted by Crippen LogP contribution is 2.00. The van der Waals surface area contributed by atoms with Crippen LogP contribution in [0, 0.1) is 0 Å². The highest BCUT2D eigenvalue weighted by atomic mass is 14.8. The second-order valence-electron chi connectivity index (χ2n) is 3.17. The summed E-state index contributed by atoms with van der Waals surface area (Å²) in [6, 6.07) is 0. The van der Waals surface area contributed by atoms with Crippen molar-refractivity contribution in [1.82, 2.24) is 5.32 Å². The minimum atomic E-state index is 0.662. The zero-order valence-electron chi connectivity index (χ0n) is 9.00. The Morgan fingerprint density at radius 3 is 2.86 bits per heavy atom. The van der Waals surface area contributed by atoms with Crippen LogP contribution in [0.1, 0.15) is 25.7 Å². The van der Waals surface area contributed by atoms with Crippen molar-refractivity contribution < 1.29 is 0 Å². The molecule has 0 aliphatic rings. The van der Waals surface area contributed by atoms with Gasteiger partial charge in [-0.2, -0.15) is 0 Å². The van der Waals surface area contributed by atoms with E-state index in [0.29, 0.717) is 5.70 Å². The Morgan fingerprint density at radius 1 is 1.43 bits per heavy atom. The van der Waals surface area contributed by atoms with E-state index in [9.17, 15) is 0 Å². The number of nitrogens with one attached hydrogen (secondary N) is 1. The number of hydrogen-bond acceptors (Lipinski definition) is 3. The van der Waals surface area contributed by atoms with Crippen LogP contribution < -0.4 is 11.1 Å². The van der Waals surface area contributed by atoms with Gasteiger partial charge in [-0.15, -0.1) is 0 Å². The third-order valence-corrected chi connectivity index (χ3v) is 1.85. The van der Waals surface area contributed by atoms with Crippen molar-refractivity contribution in [3.05, 3.63) is 24.0 Å². The molecule has 0 unspecified atom stereocenters. The monoisotopic (exact) mass is 195 g/mol. The lowest BCUT2D eigenvalue weighted by atomic mass is 10.2. The molecule has 0 radical (unpaired) electrons. The number of nitrogens with zero attached hydrogens (tertiary/aromatic N) is 1. The number of rotatable bonds is 8. The first kappa shape index (κ1) is 12.9. The van der Waals surface area contributed by atoms with Gasteiger partial charge in [0.25, 0.3) is 0 Å². The van der Waals surface area contributed by atoms with E-state index in [0.717, 1.165) is 13.0 Å². The molecule has 0 saturated heterocycles. The standard InChI is InChI=1S/C11H21N3/c1-13-9-7-5-3-4-6-8-11(12)10-14-2/h6,8,10,13H,2-5,7,9,12H2,1H3/b8-6-,11-10+. The largest absolute Gasteiger partial charge is 0.397 e. The van der Waals surface area contributed by atoms with Crippen LogP contribution >= 0.6 is 0 Å². The number of allylic oxidation sites excluding steroid dienone is 2. The van der Waals surface area contributed by atoms with Crippen molar-refractivity contribution in [2.45, 2.75) is 25.7 Å². The molecular formula is C11H21N3. The van der Waals surface area contributed by atoms with Crippen LogP contribution in [-0.4, -0.2) is 20.3 Å². The van der Waals surface area contributed by atoms with Crippen LogP contribution in [0.15, 0.2) is 29.0 Å². The maximum atomic E-state index is 5.58. The fourth-order valence-corrected chi connectivity index (χ4v) is 1.11. The van der Waals surface area contributed by atoms with Crippen molar-refractivity contribution >= 4 is 6.72 Å². The molecule has 0 aromatic heterocycles. The van der Waals surface area contributed by atoms with Crippen LogP contribution in [0.2, 0.25) is 0 Å². The van der Waals surface area contributed by atoms with Crippen LogP contribution in [-0.2, 0) is 0 Å². The van der Waals surface area contributed by atoms with Crippen molar-refractivity contribution in [2.24, 2.45) is 10.7 Å². The molecule has 0 rings (SSSR count). The van der Waals surface area contributed by atoms with Gasteiger partial charge in [-0.25, -0.2) is 0 Å². The smallest absolute Gasteiger partial charge is 0.0496 e. The van der Waals surface area contributed by atoms with E-state index >= 15 is 0 Å². The van der Waals surface area contributed by atoms with E-state index < -0.39 is 0 Å². The van der Waals surface area contributed by atoms with Gasteiger partial charge in [0.1, 0.15) is 0 Å². The van der Waals surface area contributed by atoms with Crippen molar-refractivity contribution in [3.63, 3.8) is 0 Å². The first-order valence-corrected chi connectivity index (χ1v) is 5.04. The van der Waals surface area contributed by atoms with Gasteiger partial charge in [0.2, 0.25) is 0 Å². The highest BCUT2D eigenvalue weighted by molar-refractivity contribution is 5.27. The Kier molecular flexibility index (Phi) is 9.22. The van der Waals surface area contributed by atoms with Gasteiger partial charge in [0.15, 0.2) is 0 Å². The van der Waals surface area contributed by atoms with Gasteiger partial charge >= 0.3 is 0 Å². The Labute approximate surface area is 86.8 Å². The van der Waals surface area contributed by atoms with Crippen LogP contribution in [0.3, 0.4) is 0 Å². The topological polar surface area (TPSA) is 50.4 Å². The molecule has 0 aliphatic carbocycles. The summed E-state index contributed by atoms with van der Waals surface area (Å²) in [5.41, 5.74) is 6.24. The Morgan fingerprint density at radius 2 is 2.21 bits per heavy atom. The number of nitrogens with two attached hydrogens (primary N) is 1. The summed E-state index contributed by atoms with van der Waals surface area (Å²) in [4.78, 5) is 3.58. The Balaban J connectivity index is 3.35. The molecular weight excluding hydrogens is 174 g/mol. The molecule has 3 nitrogen and oxygen atoms in total. The van der Waals surface area contributed by atoms with Crippen molar-refractivity contribution in [2.75, 3.05) is 13.6 Å². The molecule has 3 N–H and O–H groups in total. The molecule has 0 atom stereocenters. The fraction of sp³-hybridized carbons (Fsp3) is 0.545. The summed E-state index contributed by atoms with van der Waals surface area (Å²) >= 11 is 0. The van der Waals surface area contributed by atoms with E-state index in [2.05, 4.69) is 23.1 Å². The van der Waals surface area contributed by atoms with Gasteiger partial charge in [0, 0.05) is 11.9 Å². The van der Waals surface area contributed by atoms with Crippen LogP contribution in [0.5, 0.6) is 0 Å². The number of unbranched alkanes of at least 4 members (excludes halogenated alkanes) is 3. The number of aliphatic imine (C=N–C) groups is 1. The lowest BCUT2D eigenvalue weighted by Gasteiger charge is -1.97. The SMILES string of the molecule is C=N/C=C(N)\C=C/CCCCCNC. The lowest BCUT2D eigenvalue weighted by molar-refractivity contribution is 0.648. The summed E-state index contributed by atoms with van der Waals surface area (Å²) < 4.78 is 0. The first-order valence-electron chi connectivity index (χ1n) is 5.04. The van der Waals surface area contributed by atoms with Gasteiger partial charge in [-0.3, -0.25) is 4.99 Å². The van der Waals surface area contributed by atoms with E-state index in [-0.39, 0.29) is 0 Å². The average Bonchev–Trinajstić information content (AvgIpc) is 2.17. The molecule has 14 heavy (non-hydrogen) atoms. The lowest BCUT2D eigenvalue weighted by Crippen LogP contribution is -2.06. The minimum absolute atomic E-state index is 0.662. The summed E-state index contributed by atoms with van der Waals surface area (Å²) in [6.07, 6.45) is 10.3. The molecule has 80 valence electrons. The van der Waals surface area contributed by atoms with Gasteiger partial charge in [0.05, 0.1) is 0 Å². The van der Waals surface area contributed by atoms with Gasteiger partial charge < -0.3 is 11.1 Å². The van der Waals surface area contributed by atoms with Gasteiger partial charge in [-0.05, 0) is 45.6 Å². The molecule has 3 heteroatoms. The third kappa shape index (κ3) is 9.00. The maximum Gasteiger partial charge on any atom is 0.0496 e. The first-order chi connectivity index (χ1) is 6.81. The van der Waals surface area contributed by atoms with E-state index in [1.807, 2.05) is 13.1 Å². The Bertz CT molecular complexity index is 195. The quantitative estimate of drug-likeness (QED) is 0.352. The van der Waals surface area contributed by atoms with E-state index in [1.54, 1.807) is 6.20 Å². The molecule has 0 amide bonds. The predicted molar refractivity (Wildman–Crippen MR) is 63.4 cm³/mol. The second kappa shape index (κ2) is 9.99. The number of hydrogen-bond donors (Lipinski definition) is 2. The molecule has 0 saturated carbocycles. The molecule has 0 heterocycles. The molecule has 0 aromatic carbocycles. The maximum absolute atomic E-state index is 5.58. The molecule has 0 fully saturated rings. The van der Waals surface area contributed by atoms with E-state index in [4.69, 9.17) is 5.73 Å². The fourth-order valence-electron chi connectivity index (χ4n) is 1.11. The van der Waals surface area contributed by atoms with Crippen molar-refractivity contribution in [1.29, 1.82) is 0 Å². The summed E-state index contributed by atoms with van der Waals surface area (Å²) in [7, 11) is 1.98. The third-order valence-electron chi connectivity index (χ3n) is 1.85. The average molecular weight is 195 g/mol. The second-order valence-corrected chi connectivity index (χ2v) is 3.17. The van der Waals surface area contributed by atoms with Crippen molar-refractivity contribution in [3.8, 4) is 0 Å². The molecule has 0 aliphatic heterocycles. The summed E-state index contributed by atoms with van der Waals surface area (Å²) in [6.45, 7) is 4.43. The predicted octanol–water partition coefficient (Wildman–Crippen LogP) is 1.82. The minimum Gasteiger partial charge on any atom is -0.397 e. The molecule has 0 aromatic rings. The zero-order valence-corrected chi connectivity index (χ0v) is 9.00. The van der Waals surface area contributed by atoms with Crippen LogP contribution in [0.25, 0.3) is 0 Å². The van der Waals surface area contributed by atoms with Gasteiger partial charge in [-0.1, -0.05) is 12.5 Å². The summed E-state index contributed by atoms with van der Waals surface area (Å²) in [5, 5.41) is 3.13. The summed E-state index contributed by atoms with van der Waals surface area (Å²) in [5.74, 6) is 0. The normalized spacial score (nSPS) is 12.2. The Hall–Kier alpha value is -1.09. The van der Waals surface area contributed by atoms with E-state index in [1.165, 1.54) is 19.3 Å². The zero-order chi connectivity index (χ0) is 10.6. The molecule has 0 spiro atoms. The van der Waals surface area contributed by atoms with Crippen LogP contribution in [0.4, 0.5) is 0 Å².